The fraction of sp³-hybridized carbons (Fsp3) is 0.400. The minimum absolute atomic E-state index is 0.0288. The predicted octanol–water partition coefficient (Wildman–Crippen LogP) is 6.38. The van der Waals surface area contributed by atoms with E-state index in [0.29, 0.717) is 23.5 Å². The lowest BCUT2D eigenvalue weighted by atomic mass is 9.98. The van der Waals surface area contributed by atoms with E-state index in [2.05, 4.69) is 45.6 Å². The Labute approximate surface area is 213 Å². The van der Waals surface area contributed by atoms with Crippen molar-refractivity contribution in [1.29, 1.82) is 0 Å². The van der Waals surface area contributed by atoms with E-state index in [1.54, 1.807) is 18.3 Å². The van der Waals surface area contributed by atoms with Crippen LogP contribution in [-0.4, -0.2) is 40.4 Å². The van der Waals surface area contributed by atoms with Crippen molar-refractivity contribution in [3.05, 3.63) is 70.9 Å². The van der Waals surface area contributed by atoms with Crippen molar-refractivity contribution in [2.24, 2.45) is 5.92 Å². The van der Waals surface area contributed by atoms with E-state index in [9.17, 15) is 9.90 Å². The summed E-state index contributed by atoms with van der Waals surface area (Å²) in [5.41, 5.74) is 6.21. The summed E-state index contributed by atoms with van der Waals surface area (Å²) in [5, 5.41) is 16.6. The zero-order chi connectivity index (χ0) is 25.1. The molecule has 36 heavy (non-hydrogen) atoms. The van der Waals surface area contributed by atoms with Crippen LogP contribution in [0.25, 0.3) is 0 Å². The molecular weight excluding hydrogens is 448 g/mol. The van der Waals surface area contributed by atoms with Crippen LogP contribution in [0, 0.1) is 12.8 Å². The van der Waals surface area contributed by atoms with Gasteiger partial charge in [-0.2, -0.15) is 0 Å². The van der Waals surface area contributed by atoms with Gasteiger partial charge in [0.2, 0.25) is 0 Å². The van der Waals surface area contributed by atoms with E-state index < -0.39 is 0 Å². The summed E-state index contributed by atoms with van der Waals surface area (Å²) in [7, 11) is 0. The van der Waals surface area contributed by atoms with Gasteiger partial charge in [-0.25, -0.2) is 4.98 Å². The summed E-state index contributed by atoms with van der Waals surface area (Å²) < 4.78 is 0. The van der Waals surface area contributed by atoms with E-state index in [1.165, 1.54) is 44.5 Å². The van der Waals surface area contributed by atoms with E-state index in [1.807, 2.05) is 19.1 Å². The highest BCUT2D eigenvalue weighted by Crippen LogP contribution is 2.35. The first-order valence-electron chi connectivity index (χ1n) is 13.2. The SMILES string of the molecule is Cc1ccc(O)cc1Nc1ccnc2c1C(=O)Cc1cc(CCCCN3CCC(C)CC3)ccc1N2. The maximum Gasteiger partial charge on any atom is 0.173 e. The summed E-state index contributed by atoms with van der Waals surface area (Å²) in [6, 6.07) is 13.4. The summed E-state index contributed by atoms with van der Waals surface area (Å²) in [5.74, 6) is 1.64. The predicted molar refractivity (Wildman–Crippen MR) is 146 cm³/mol. The molecule has 0 radical (unpaired) electrons. The van der Waals surface area contributed by atoms with E-state index >= 15 is 0 Å². The second-order valence-electron chi connectivity index (χ2n) is 10.4. The van der Waals surface area contributed by atoms with Gasteiger partial charge in [0.05, 0.1) is 11.3 Å². The number of benzene rings is 2. The fourth-order valence-corrected chi connectivity index (χ4v) is 5.24. The number of nitrogens with one attached hydrogen (secondary N) is 2. The smallest absolute Gasteiger partial charge is 0.173 e. The van der Waals surface area contributed by atoms with Crippen LogP contribution < -0.4 is 10.6 Å². The standard InChI is InChI=1S/C30H36N4O2/c1-20-11-15-34(16-12-20)14-4-3-5-22-7-9-25-23(17-22)18-28(36)29-26(10-13-31-30(29)33-25)32-27-19-24(35)8-6-21(27)2/h6-10,13,17,19-20,35H,3-5,11-12,14-16,18H2,1-2H3,(H2,31,32,33). The lowest BCUT2D eigenvalue weighted by Crippen LogP contribution is -2.33. The minimum Gasteiger partial charge on any atom is -0.508 e. The second-order valence-corrected chi connectivity index (χ2v) is 10.4. The maximum absolute atomic E-state index is 13.4. The molecule has 0 spiro atoms. The molecule has 188 valence electrons. The number of carbonyl (C=O) groups excluding carboxylic acids is 1. The molecule has 2 aromatic carbocycles. The molecule has 2 aliphatic heterocycles. The molecule has 2 aliphatic rings. The highest BCUT2D eigenvalue weighted by atomic mass is 16.3. The second kappa shape index (κ2) is 10.7. The van der Waals surface area contributed by atoms with E-state index in [-0.39, 0.29) is 11.5 Å². The summed E-state index contributed by atoms with van der Waals surface area (Å²) in [6.45, 7) is 7.99. The Balaban J connectivity index is 1.26. The fourth-order valence-electron chi connectivity index (χ4n) is 5.24. The Morgan fingerprint density at radius 3 is 2.75 bits per heavy atom. The maximum atomic E-state index is 13.4. The number of likely N-dealkylation sites (tertiary alicyclic amines) is 1. The van der Waals surface area contributed by atoms with Crippen LogP contribution in [0.2, 0.25) is 0 Å². The van der Waals surface area contributed by atoms with Crippen molar-refractivity contribution in [1.82, 2.24) is 9.88 Å². The molecule has 0 bridgehead atoms. The van der Waals surface area contributed by atoms with Gasteiger partial charge in [0.15, 0.2) is 5.78 Å². The van der Waals surface area contributed by atoms with Crippen molar-refractivity contribution in [3.8, 4) is 5.75 Å². The molecule has 3 aromatic rings. The number of aryl methyl sites for hydroxylation is 2. The van der Waals surface area contributed by atoms with Gasteiger partial charge in [0, 0.05) is 30.1 Å². The topological polar surface area (TPSA) is 77.5 Å². The number of hydrogen-bond acceptors (Lipinski definition) is 6. The van der Waals surface area contributed by atoms with Crippen LogP contribution in [0.15, 0.2) is 48.7 Å². The van der Waals surface area contributed by atoms with E-state index in [0.717, 1.165) is 41.3 Å². The number of Topliss-reactive ketones (excluding diaryl/α,β-unsaturated/α-hetero) is 1. The first kappa shape index (κ1) is 24.3. The van der Waals surface area contributed by atoms with Gasteiger partial charge in [-0.05, 0) is 99.5 Å². The first-order chi connectivity index (χ1) is 17.5. The van der Waals surface area contributed by atoms with Crippen LogP contribution in [0.3, 0.4) is 0 Å². The third-order valence-corrected chi connectivity index (χ3v) is 7.56. The third-order valence-electron chi connectivity index (χ3n) is 7.56. The molecule has 1 fully saturated rings. The molecule has 0 saturated carbocycles. The summed E-state index contributed by atoms with van der Waals surface area (Å²) >= 11 is 0. The molecule has 3 N–H and O–H groups in total. The van der Waals surface area contributed by atoms with Gasteiger partial charge in [0.25, 0.3) is 0 Å². The number of ketones is 1. The number of hydrogen-bond donors (Lipinski definition) is 3. The zero-order valence-electron chi connectivity index (χ0n) is 21.3. The number of aromatic hydroxyl groups is 1. The highest BCUT2D eigenvalue weighted by molar-refractivity contribution is 6.09. The monoisotopic (exact) mass is 484 g/mol. The Morgan fingerprint density at radius 2 is 1.92 bits per heavy atom. The van der Waals surface area contributed by atoms with Crippen LogP contribution in [0.1, 0.15) is 59.7 Å². The number of rotatable bonds is 7. The quantitative estimate of drug-likeness (QED) is 0.338. The van der Waals surface area contributed by atoms with Crippen molar-refractivity contribution in [2.45, 2.75) is 52.4 Å². The number of nitrogens with zero attached hydrogens (tertiary/aromatic N) is 2. The average Bonchev–Trinajstić information content (AvgIpc) is 3.01. The lowest BCUT2D eigenvalue weighted by molar-refractivity contribution is 0.0995. The number of piperidine rings is 1. The van der Waals surface area contributed by atoms with Gasteiger partial charge < -0.3 is 20.6 Å². The first-order valence-corrected chi connectivity index (χ1v) is 13.2. The molecule has 0 amide bonds. The molecular formula is C30H36N4O2. The van der Waals surface area contributed by atoms with Gasteiger partial charge in [-0.15, -0.1) is 0 Å². The van der Waals surface area contributed by atoms with Crippen molar-refractivity contribution in [3.63, 3.8) is 0 Å². The number of anilines is 4. The van der Waals surface area contributed by atoms with Gasteiger partial charge in [0.1, 0.15) is 11.6 Å². The Bertz CT molecular complexity index is 1250. The molecule has 6 heteroatoms. The molecule has 3 heterocycles. The lowest BCUT2D eigenvalue weighted by Gasteiger charge is -2.30. The zero-order valence-corrected chi connectivity index (χ0v) is 21.3. The number of unbranched alkanes of at least 4 members (excludes halogenated alkanes) is 1. The number of phenols is 1. The highest BCUT2D eigenvalue weighted by Gasteiger charge is 2.24. The Morgan fingerprint density at radius 1 is 1.08 bits per heavy atom. The minimum atomic E-state index is 0.0288. The van der Waals surface area contributed by atoms with Gasteiger partial charge in [-0.3, -0.25) is 4.79 Å². The number of phenolic OH excluding ortho intramolecular Hbond substituents is 1. The number of fused-ring (bicyclic) bond motifs is 2. The Kier molecular flexibility index (Phi) is 7.23. The van der Waals surface area contributed by atoms with Gasteiger partial charge in [-0.1, -0.05) is 25.1 Å². The van der Waals surface area contributed by atoms with Gasteiger partial charge >= 0.3 is 0 Å². The van der Waals surface area contributed by atoms with Crippen LogP contribution in [0.5, 0.6) is 5.75 Å². The van der Waals surface area contributed by atoms with Crippen molar-refractivity contribution < 1.29 is 9.90 Å². The van der Waals surface area contributed by atoms with Crippen LogP contribution >= 0.6 is 0 Å². The number of aromatic nitrogens is 1. The number of pyridine rings is 1. The molecule has 0 aliphatic carbocycles. The van der Waals surface area contributed by atoms with Crippen molar-refractivity contribution in [2.75, 3.05) is 30.3 Å². The average molecular weight is 485 g/mol. The Hall–Kier alpha value is -3.38. The molecule has 0 atom stereocenters. The molecule has 1 aromatic heterocycles. The largest absolute Gasteiger partial charge is 0.508 e. The molecule has 6 nitrogen and oxygen atoms in total. The number of carbonyl (C=O) groups is 1. The summed E-state index contributed by atoms with van der Waals surface area (Å²) in [6.07, 6.45) is 8.07. The summed E-state index contributed by atoms with van der Waals surface area (Å²) in [4.78, 5) is 20.5. The van der Waals surface area contributed by atoms with E-state index in [4.69, 9.17) is 0 Å². The third kappa shape index (κ3) is 5.54. The normalized spacial score (nSPS) is 16.1. The van der Waals surface area contributed by atoms with Crippen molar-refractivity contribution >= 4 is 28.7 Å². The molecule has 0 unspecified atom stereocenters. The molecule has 5 rings (SSSR count). The van der Waals surface area contributed by atoms with Crippen LogP contribution in [0.4, 0.5) is 22.9 Å². The van der Waals surface area contributed by atoms with Crippen LogP contribution in [-0.2, 0) is 12.8 Å². The molecule has 1 saturated heterocycles.